The van der Waals surface area contributed by atoms with Crippen LogP contribution >= 0.6 is 0 Å². The zero-order chi connectivity index (χ0) is 12.4. The highest BCUT2D eigenvalue weighted by atomic mass is 16.5. The number of para-hydroxylation sites is 1. The molecule has 0 bridgehead atoms. The third-order valence-corrected chi connectivity index (χ3v) is 2.56. The number of carbonyl (C=O) groups excluding carboxylic acids is 1. The van der Waals surface area contributed by atoms with E-state index in [1.165, 1.54) is 0 Å². The van der Waals surface area contributed by atoms with E-state index in [2.05, 4.69) is 0 Å². The number of furan rings is 1. The first-order valence-corrected chi connectivity index (χ1v) is 5.43. The molecule has 0 N–H and O–H groups in total. The molecule has 0 atom stereocenters. The molecule has 0 unspecified atom stereocenters. The smallest absolute Gasteiger partial charge is 0.347 e. The van der Waals surface area contributed by atoms with Gasteiger partial charge in [0.2, 0.25) is 0 Å². The normalized spacial score (nSPS) is 10.3. The van der Waals surface area contributed by atoms with E-state index in [9.17, 15) is 4.79 Å². The van der Waals surface area contributed by atoms with E-state index in [1.807, 2.05) is 25.1 Å². The van der Waals surface area contributed by atoms with Crippen LogP contribution in [-0.2, 0) is 0 Å². The summed E-state index contributed by atoms with van der Waals surface area (Å²) in [7, 11) is 0. The third-order valence-electron chi connectivity index (χ3n) is 2.56. The van der Waals surface area contributed by atoms with Crippen LogP contribution in [0.3, 0.4) is 0 Å². The quantitative estimate of drug-likeness (QED) is 0.586. The van der Waals surface area contributed by atoms with Crippen LogP contribution in [0.1, 0.15) is 27.4 Å². The van der Waals surface area contributed by atoms with E-state index in [0.717, 1.165) is 5.56 Å². The van der Waals surface area contributed by atoms with E-state index in [4.69, 9.17) is 9.15 Å². The Kier molecular flexibility index (Phi) is 3.00. The van der Waals surface area contributed by atoms with E-state index in [1.54, 1.807) is 26.0 Å². The maximum absolute atomic E-state index is 11.9. The van der Waals surface area contributed by atoms with Gasteiger partial charge >= 0.3 is 5.97 Å². The molecule has 0 radical (unpaired) electrons. The maximum Gasteiger partial charge on any atom is 0.347 e. The fraction of sp³-hybridized carbons (Fsp3) is 0.214. The standard InChI is InChI=1S/C14H14O3/c1-9-6-4-5-7-13(9)17-14(15)12-8-10(2)16-11(12)3/h4-8H,1-3H3. The SMILES string of the molecule is Cc1cc(C(=O)Oc2ccccc2C)c(C)o1. The second kappa shape index (κ2) is 4.45. The lowest BCUT2D eigenvalue weighted by Gasteiger charge is -2.05. The van der Waals surface area contributed by atoms with Crippen molar-refractivity contribution < 1.29 is 13.9 Å². The van der Waals surface area contributed by atoms with Crippen molar-refractivity contribution in [3.05, 3.63) is 53.0 Å². The average molecular weight is 230 g/mol. The summed E-state index contributed by atoms with van der Waals surface area (Å²) in [5.74, 6) is 1.49. The topological polar surface area (TPSA) is 39.4 Å². The summed E-state index contributed by atoms with van der Waals surface area (Å²) in [5, 5.41) is 0. The van der Waals surface area contributed by atoms with Gasteiger partial charge in [-0.2, -0.15) is 0 Å². The van der Waals surface area contributed by atoms with E-state index < -0.39 is 0 Å². The number of benzene rings is 1. The number of hydrogen-bond acceptors (Lipinski definition) is 3. The highest BCUT2D eigenvalue weighted by Gasteiger charge is 2.16. The van der Waals surface area contributed by atoms with Gasteiger partial charge in [0, 0.05) is 0 Å². The minimum atomic E-state index is -0.381. The van der Waals surface area contributed by atoms with Gasteiger partial charge in [-0.1, -0.05) is 18.2 Å². The molecule has 1 aromatic heterocycles. The van der Waals surface area contributed by atoms with Crippen LogP contribution in [0.25, 0.3) is 0 Å². The van der Waals surface area contributed by atoms with Crippen molar-refractivity contribution in [3.63, 3.8) is 0 Å². The van der Waals surface area contributed by atoms with Crippen molar-refractivity contribution in [1.29, 1.82) is 0 Å². The summed E-state index contributed by atoms with van der Waals surface area (Å²) in [6.45, 7) is 5.45. The molecule has 0 spiro atoms. The first kappa shape index (κ1) is 11.5. The van der Waals surface area contributed by atoms with Crippen LogP contribution in [0.5, 0.6) is 5.75 Å². The minimum absolute atomic E-state index is 0.381. The Morgan fingerprint density at radius 2 is 1.88 bits per heavy atom. The lowest BCUT2D eigenvalue weighted by molar-refractivity contribution is 0.0731. The molecular weight excluding hydrogens is 216 g/mol. The van der Waals surface area contributed by atoms with Gasteiger partial charge in [0.1, 0.15) is 22.8 Å². The number of rotatable bonds is 2. The van der Waals surface area contributed by atoms with Crippen molar-refractivity contribution in [2.45, 2.75) is 20.8 Å². The van der Waals surface area contributed by atoms with E-state index in [0.29, 0.717) is 22.8 Å². The predicted octanol–water partition coefficient (Wildman–Crippen LogP) is 3.42. The summed E-state index contributed by atoms with van der Waals surface area (Å²) >= 11 is 0. The molecule has 2 rings (SSSR count). The Morgan fingerprint density at radius 3 is 2.47 bits per heavy atom. The molecule has 3 nitrogen and oxygen atoms in total. The number of carbonyl (C=O) groups is 1. The lowest BCUT2D eigenvalue weighted by atomic mass is 10.2. The highest BCUT2D eigenvalue weighted by Crippen LogP contribution is 2.20. The second-order valence-corrected chi connectivity index (χ2v) is 3.98. The van der Waals surface area contributed by atoms with E-state index in [-0.39, 0.29) is 5.97 Å². The number of esters is 1. The zero-order valence-electron chi connectivity index (χ0n) is 10.1. The number of ether oxygens (including phenoxy) is 1. The Hall–Kier alpha value is -2.03. The third kappa shape index (κ3) is 2.38. The lowest BCUT2D eigenvalue weighted by Crippen LogP contribution is -2.09. The van der Waals surface area contributed by atoms with Crippen molar-refractivity contribution >= 4 is 5.97 Å². The summed E-state index contributed by atoms with van der Waals surface area (Å²) in [6, 6.07) is 9.10. The monoisotopic (exact) mass is 230 g/mol. The minimum Gasteiger partial charge on any atom is -0.466 e. The van der Waals surface area contributed by atoms with Gasteiger partial charge in [-0.15, -0.1) is 0 Å². The Bertz CT molecular complexity index is 552. The van der Waals surface area contributed by atoms with Crippen molar-refractivity contribution in [3.8, 4) is 5.75 Å². The predicted molar refractivity (Wildman–Crippen MR) is 64.3 cm³/mol. The van der Waals surface area contributed by atoms with Crippen molar-refractivity contribution in [2.24, 2.45) is 0 Å². The van der Waals surface area contributed by atoms with Crippen LogP contribution in [0.2, 0.25) is 0 Å². The molecular formula is C14H14O3. The Morgan fingerprint density at radius 1 is 1.18 bits per heavy atom. The summed E-state index contributed by atoms with van der Waals surface area (Å²) in [4.78, 5) is 11.9. The maximum atomic E-state index is 11.9. The Labute approximate surface area is 100 Å². The summed E-state index contributed by atoms with van der Waals surface area (Å²) in [5.41, 5.74) is 1.41. The van der Waals surface area contributed by atoms with E-state index >= 15 is 0 Å². The molecule has 3 heteroatoms. The van der Waals surface area contributed by atoms with Crippen LogP contribution < -0.4 is 4.74 Å². The first-order chi connectivity index (χ1) is 8.08. The molecule has 0 aliphatic rings. The molecule has 0 saturated carbocycles. The molecule has 2 aromatic rings. The van der Waals surface area contributed by atoms with Gasteiger partial charge in [0.25, 0.3) is 0 Å². The van der Waals surface area contributed by atoms with Crippen LogP contribution in [0, 0.1) is 20.8 Å². The first-order valence-electron chi connectivity index (χ1n) is 5.43. The largest absolute Gasteiger partial charge is 0.466 e. The Balaban J connectivity index is 2.23. The highest BCUT2D eigenvalue weighted by molar-refractivity contribution is 5.92. The summed E-state index contributed by atoms with van der Waals surface area (Å²) < 4.78 is 10.6. The molecule has 0 saturated heterocycles. The van der Waals surface area contributed by atoms with Crippen LogP contribution in [0.4, 0.5) is 0 Å². The molecule has 1 heterocycles. The molecule has 0 aliphatic carbocycles. The number of aryl methyl sites for hydroxylation is 3. The van der Waals surface area contributed by atoms with Gasteiger partial charge in [-0.3, -0.25) is 0 Å². The fourth-order valence-electron chi connectivity index (χ4n) is 1.66. The van der Waals surface area contributed by atoms with Gasteiger partial charge in [0.15, 0.2) is 0 Å². The van der Waals surface area contributed by atoms with Crippen molar-refractivity contribution in [2.75, 3.05) is 0 Å². The van der Waals surface area contributed by atoms with Gasteiger partial charge in [-0.25, -0.2) is 4.79 Å². The molecule has 17 heavy (non-hydrogen) atoms. The molecule has 1 aromatic carbocycles. The molecule has 0 fully saturated rings. The average Bonchev–Trinajstić information content (AvgIpc) is 2.61. The van der Waals surface area contributed by atoms with Gasteiger partial charge in [0.05, 0.1) is 0 Å². The second-order valence-electron chi connectivity index (χ2n) is 3.98. The van der Waals surface area contributed by atoms with Gasteiger partial charge in [-0.05, 0) is 38.5 Å². The van der Waals surface area contributed by atoms with Crippen LogP contribution in [-0.4, -0.2) is 5.97 Å². The summed E-state index contributed by atoms with van der Waals surface area (Å²) in [6.07, 6.45) is 0. The zero-order valence-corrected chi connectivity index (χ0v) is 10.1. The number of hydrogen-bond donors (Lipinski definition) is 0. The van der Waals surface area contributed by atoms with Crippen molar-refractivity contribution in [1.82, 2.24) is 0 Å². The van der Waals surface area contributed by atoms with Crippen LogP contribution in [0.15, 0.2) is 34.7 Å². The molecule has 0 amide bonds. The molecule has 88 valence electrons. The molecule has 0 aliphatic heterocycles. The fourth-order valence-corrected chi connectivity index (χ4v) is 1.66. The van der Waals surface area contributed by atoms with Gasteiger partial charge < -0.3 is 9.15 Å².